The largest absolute Gasteiger partial charge is 0.456 e. The van der Waals surface area contributed by atoms with E-state index in [2.05, 4.69) is 93.2 Å². The topological polar surface area (TPSA) is 268 Å². The van der Waals surface area contributed by atoms with Crippen molar-refractivity contribution in [1.82, 2.24) is 45.0 Å². The zero-order chi connectivity index (χ0) is 67.7. The molecule has 6 aliphatic heterocycles. The zero-order valence-corrected chi connectivity index (χ0v) is 61.1. The van der Waals surface area contributed by atoms with Crippen molar-refractivity contribution in [2.45, 2.75) is 191 Å². The maximum Gasteiger partial charge on any atom is 0.407 e. The van der Waals surface area contributed by atoms with Gasteiger partial charge in [-0.25, -0.2) is 19.6 Å². The molecule has 2 amide bonds. The van der Waals surface area contributed by atoms with Gasteiger partial charge in [0.15, 0.2) is 23.5 Å². The van der Waals surface area contributed by atoms with E-state index in [4.69, 9.17) is 85.5 Å². The molecule has 2 aromatic carbocycles. The number of alkyl carbamates (subject to hydrolysis) is 2. The molecular weight excluding hydrogens is 1360 g/mol. The number of fused-ring (bicyclic) bond motifs is 4. The maximum absolute atomic E-state index is 12.0. The minimum atomic E-state index is -1.29. The van der Waals surface area contributed by atoms with Crippen molar-refractivity contribution in [2.75, 3.05) is 70.7 Å². The predicted octanol–water partition coefficient (Wildman–Crippen LogP) is 10.7. The van der Waals surface area contributed by atoms with E-state index in [1.165, 1.54) is 0 Å². The second-order valence-electron chi connectivity index (χ2n) is 27.9. The molecule has 6 fully saturated rings. The number of imidazole rings is 2. The smallest absolute Gasteiger partial charge is 0.407 e. The van der Waals surface area contributed by atoms with Gasteiger partial charge in [0.05, 0.1) is 47.9 Å². The summed E-state index contributed by atoms with van der Waals surface area (Å²) in [5.41, 5.74) is 6.58. The number of benzene rings is 2. The third kappa shape index (κ3) is 19.6. The van der Waals surface area contributed by atoms with Gasteiger partial charge in [-0.2, -0.15) is 9.97 Å². The SMILES string of the molecule is CC(C)NC(=O)OC1CCN(c2ccc(-c3nc4c(cc3Cl)nc(O[C@@H]3CO[C@H]5[C@@H]3OC[C@H]5O)n4COCC[Si](C)(C)C)cc2)CC1.CC(C)NC(=O)OC1CCNCC1.C[Si](C)(C)CCOCn1c(O[C@@H]2CO[C@H]3[C@@H]2OC[C@H]3O)nc2cc(Cl)c(-c3ccc(Br)cc3)nc21. The summed E-state index contributed by atoms with van der Waals surface area (Å²) in [6.07, 6.45) is -0.906. The first kappa shape index (κ1) is 72.5. The molecular formula is C66H93BrCl2N10O14Si2. The second-order valence-corrected chi connectivity index (χ2v) is 40.9. The summed E-state index contributed by atoms with van der Waals surface area (Å²) in [7, 11) is -2.53. The molecule has 12 rings (SSSR count). The number of rotatable bonds is 21. The van der Waals surface area contributed by atoms with Crippen LogP contribution in [0.5, 0.6) is 12.0 Å². The number of amides is 2. The van der Waals surface area contributed by atoms with Gasteiger partial charge >= 0.3 is 24.2 Å². The van der Waals surface area contributed by atoms with Gasteiger partial charge in [0, 0.05) is 88.7 Å². The lowest BCUT2D eigenvalue weighted by molar-refractivity contribution is 0.00332. The number of carbonyl (C=O) groups excluding carboxylic acids is 2. The van der Waals surface area contributed by atoms with Crippen molar-refractivity contribution < 1.29 is 67.2 Å². The summed E-state index contributed by atoms with van der Waals surface area (Å²) < 4.78 is 63.3. The number of aromatic nitrogens is 6. The van der Waals surface area contributed by atoms with Crippen LogP contribution in [0.4, 0.5) is 15.3 Å². The van der Waals surface area contributed by atoms with Crippen LogP contribution in [0.15, 0.2) is 65.1 Å². The van der Waals surface area contributed by atoms with Gasteiger partial charge < -0.3 is 78.4 Å². The van der Waals surface area contributed by atoms with E-state index in [-0.39, 0.29) is 88.1 Å². The standard InChI is InChI=1S/C33H46ClN5O7Si.C24H29BrClN3O5Si.C9H18N2O2/c1-20(2)35-33(41)45-23-10-12-38(13-11-23)22-8-6-21(7-9-22)28-24(34)16-25-31(37-28)39(19-42-14-15-47(3,4)5)32(36-25)46-27-18-44-29-26(40)17-43-30(27)29;1-35(2,3)9-8-31-13-29-23-17(10-16(26)20(28-23)14-4-6-15(25)7-5-14)27-24(29)34-19-12-33-21-18(30)11-32-22(19)21;1-7(2)11-9(12)13-8-3-5-10-6-4-8/h6-9,16,20,23,26-27,29-30,40H,10-15,17-19H2,1-5H3,(H,35,41);4-7,10,18-19,21-22,30H,8-9,11-13H2,1-3H3;7-8,10H,3-6H2,1-2H3,(H,11,12)/t26-,27-,29-,30-;18-,19-,21-,22-;/m11./s1. The zero-order valence-electron chi connectivity index (χ0n) is 56.0. The maximum atomic E-state index is 12.0. The third-order valence-corrected chi connectivity index (χ3v) is 21.4. The Morgan fingerprint density at radius 2 is 1.02 bits per heavy atom. The number of pyridine rings is 2. The number of nitrogens with one attached hydrogen (secondary N) is 3. The van der Waals surface area contributed by atoms with E-state index in [1.54, 1.807) is 6.07 Å². The first-order chi connectivity index (χ1) is 45.3. The minimum Gasteiger partial charge on any atom is -0.456 e. The number of piperidine rings is 2. The van der Waals surface area contributed by atoms with E-state index in [0.29, 0.717) is 75.6 Å². The molecule has 29 heteroatoms. The Hall–Kier alpha value is -5.25. The fourth-order valence-corrected chi connectivity index (χ4v) is 14.0. The molecule has 0 unspecified atom stereocenters. The number of ether oxygens (including phenoxy) is 10. The van der Waals surface area contributed by atoms with Crippen molar-refractivity contribution in [3.8, 4) is 34.5 Å². The number of aliphatic hydroxyl groups is 2. The Morgan fingerprint density at radius 3 is 1.44 bits per heavy atom. The van der Waals surface area contributed by atoms with Gasteiger partial charge in [-0.1, -0.05) is 103 Å². The first-order valence-electron chi connectivity index (χ1n) is 33.0. The molecule has 6 aliphatic rings. The number of aliphatic hydroxyl groups excluding tert-OH is 2. The molecule has 520 valence electrons. The Balaban J connectivity index is 0.000000179. The Bertz CT molecular complexity index is 3510. The number of hydrogen-bond donors (Lipinski definition) is 5. The molecule has 6 saturated heterocycles. The lowest BCUT2D eigenvalue weighted by Gasteiger charge is -2.33. The van der Waals surface area contributed by atoms with Crippen molar-refractivity contribution in [3.05, 3.63) is 75.2 Å². The van der Waals surface area contributed by atoms with Crippen LogP contribution in [0, 0.1) is 0 Å². The molecule has 95 heavy (non-hydrogen) atoms. The summed E-state index contributed by atoms with van der Waals surface area (Å²) >= 11 is 16.9. The minimum absolute atomic E-state index is 0.0477. The highest BCUT2D eigenvalue weighted by atomic mass is 79.9. The van der Waals surface area contributed by atoms with E-state index in [1.807, 2.05) is 79.3 Å². The summed E-state index contributed by atoms with van der Waals surface area (Å²) in [6.45, 7) is 27.8. The quantitative estimate of drug-likeness (QED) is 0.0331. The number of halogens is 3. The molecule has 0 spiro atoms. The third-order valence-electron chi connectivity index (χ3n) is 16.9. The molecule has 24 nitrogen and oxygen atoms in total. The van der Waals surface area contributed by atoms with Crippen molar-refractivity contribution in [3.63, 3.8) is 0 Å². The first-order valence-corrected chi connectivity index (χ1v) is 42.0. The van der Waals surface area contributed by atoms with Crippen LogP contribution >= 0.6 is 39.1 Å². The summed E-state index contributed by atoms with van der Waals surface area (Å²) in [5.74, 6) is 0. The molecule has 0 aliphatic carbocycles. The Morgan fingerprint density at radius 1 is 0.611 bits per heavy atom. The van der Waals surface area contributed by atoms with Crippen LogP contribution in [0.3, 0.4) is 0 Å². The van der Waals surface area contributed by atoms with Gasteiger partial charge in [0.1, 0.15) is 73.3 Å². The number of hydrogen-bond acceptors (Lipinski definition) is 20. The van der Waals surface area contributed by atoms with Gasteiger partial charge in [-0.15, -0.1) is 0 Å². The van der Waals surface area contributed by atoms with E-state index < -0.39 is 46.7 Å². The molecule has 5 N–H and O–H groups in total. The highest BCUT2D eigenvalue weighted by molar-refractivity contribution is 9.10. The van der Waals surface area contributed by atoms with Crippen LogP contribution in [-0.4, -0.2) is 207 Å². The number of carbonyl (C=O) groups is 2. The van der Waals surface area contributed by atoms with Crippen LogP contribution < -0.4 is 30.3 Å². The molecule has 8 atom stereocenters. The lowest BCUT2D eigenvalue weighted by atomic mass is 10.1. The Kier molecular flexibility index (Phi) is 24.9. The van der Waals surface area contributed by atoms with Crippen molar-refractivity contribution in [1.29, 1.82) is 0 Å². The highest BCUT2D eigenvalue weighted by Gasteiger charge is 2.50. The average molecular weight is 1460 g/mol. The fraction of sp³-hybridized carbons (Fsp3) is 0.606. The Labute approximate surface area is 576 Å². The van der Waals surface area contributed by atoms with E-state index in [9.17, 15) is 19.8 Å². The molecule has 0 saturated carbocycles. The molecule has 0 bridgehead atoms. The number of anilines is 1. The molecule has 4 aromatic heterocycles. The van der Waals surface area contributed by atoms with Crippen molar-refractivity contribution >= 4 is 95.5 Å². The van der Waals surface area contributed by atoms with E-state index in [0.717, 1.165) is 85.2 Å². The van der Waals surface area contributed by atoms with Gasteiger partial charge in [-0.05, 0) is 102 Å². The summed E-state index contributed by atoms with van der Waals surface area (Å²) in [4.78, 5) is 44.8. The second kappa shape index (κ2) is 32.6. The molecule has 6 aromatic rings. The monoisotopic (exact) mass is 1450 g/mol. The highest BCUT2D eigenvalue weighted by Crippen LogP contribution is 2.38. The van der Waals surface area contributed by atoms with Gasteiger partial charge in [-0.3, -0.25) is 9.13 Å². The van der Waals surface area contributed by atoms with Crippen LogP contribution in [0.25, 0.3) is 44.8 Å². The van der Waals surface area contributed by atoms with Crippen LogP contribution in [0.2, 0.25) is 61.4 Å². The normalized spacial score (nSPS) is 23.1. The number of nitrogens with zero attached hydrogens (tertiary/aromatic N) is 7. The lowest BCUT2D eigenvalue weighted by Crippen LogP contribution is -2.40. The van der Waals surface area contributed by atoms with Crippen LogP contribution in [-0.2, 0) is 51.4 Å². The molecule has 0 radical (unpaired) electrons. The van der Waals surface area contributed by atoms with E-state index >= 15 is 0 Å². The van der Waals surface area contributed by atoms with Crippen molar-refractivity contribution in [2.24, 2.45) is 0 Å². The van der Waals surface area contributed by atoms with Crippen LogP contribution in [0.1, 0.15) is 53.4 Å². The summed E-state index contributed by atoms with van der Waals surface area (Å²) in [6, 6.07) is 22.6. The average Bonchev–Trinajstić information content (AvgIpc) is 1.64. The summed E-state index contributed by atoms with van der Waals surface area (Å²) in [5, 5.41) is 30.0. The predicted molar refractivity (Wildman–Crippen MR) is 372 cm³/mol. The fourth-order valence-electron chi connectivity index (χ4n) is 11.7. The molecule has 10 heterocycles. The van der Waals surface area contributed by atoms with Gasteiger partial charge in [0.2, 0.25) is 0 Å². The van der Waals surface area contributed by atoms with Gasteiger partial charge in [0.25, 0.3) is 0 Å².